The number of rotatable bonds is 8. The van der Waals surface area contributed by atoms with Crippen molar-refractivity contribution in [2.45, 2.75) is 43.3 Å². The number of urea groups is 1. The zero-order valence-electron chi connectivity index (χ0n) is 11.0. The Morgan fingerprint density at radius 1 is 1.21 bits per heavy atom. The van der Waals surface area contributed by atoms with Gasteiger partial charge in [0, 0.05) is 24.1 Å². The zero-order valence-corrected chi connectivity index (χ0v) is 11.8. The number of thioether (sulfide) groups is 1. The van der Waals surface area contributed by atoms with Crippen molar-refractivity contribution in [3.63, 3.8) is 0 Å². The Labute approximate surface area is 116 Å². The fourth-order valence-corrected chi connectivity index (χ4v) is 2.36. The van der Waals surface area contributed by atoms with Crippen LogP contribution in [-0.4, -0.2) is 40.6 Å². The smallest absolute Gasteiger partial charge is 0.321 e. The molecule has 1 fully saturated rings. The van der Waals surface area contributed by atoms with E-state index in [1.165, 1.54) is 0 Å². The van der Waals surface area contributed by atoms with E-state index >= 15 is 0 Å². The van der Waals surface area contributed by atoms with Crippen molar-refractivity contribution < 1.29 is 19.5 Å². The first-order valence-corrected chi connectivity index (χ1v) is 7.54. The average Bonchev–Trinajstić information content (AvgIpc) is 3.13. The number of aliphatic carboxylic acids is 1. The lowest BCUT2D eigenvalue weighted by Crippen LogP contribution is -2.42. The maximum atomic E-state index is 11.4. The zero-order chi connectivity index (χ0) is 14.3. The van der Waals surface area contributed by atoms with Gasteiger partial charge in [-0.2, -0.15) is 11.8 Å². The maximum Gasteiger partial charge on any atom is 0.321 e. The van der Waals surface area contributed by atoms with Gasteiger partial charge in [0.25, 0.3) is 0 Å². The van der Waals surface area contributed by atoms with E-state index < -0.39 is 12.0 Å². The highest BCUT2D eigenvalue weighted by Crippen LogP contribution is 2.46. The summed E-state index contributed by atoms with van der Waals surface area (Å²) in [6.45, 7) is 0.576. The summed E-state index contributed by atoms with van der Waals surface area (Å²) in [6, 6.07) is -0.469. The van der Waals surface area contributed by atoms with Crippen LogP contribution >= 0.6 is 11.8 Å². The van der Waals surface area contributed by atoms with Crippen LogP contribution in [-0.2, 0) is 9.59 Å². The van der Waals surface area contributed by atoms with Gasteiger partial charge in [0.1, 0.15) is 0 Å². The molecule has 7 heteroatoms. The third-order valence-corrected chi connectivity index (χ3v) is 4.53. The summed E-state index contributed by atoms with van der Waals surface area (Å²) in [4.78, 5) is 33.1. The molecule has 1 rings (SSSR count). The predicted molar refractivity (Wildman–Crippen MR) is 73.1 cm³/mol. The summed E-state index contributed by atoms with van der Waals surface area (Å²) in [6.07, 6.45) is 5.35. The van der Waals surface area contributed by atoms with Crippen LogP contribution in [0.3, 0.4) is 0 Å². The molecule has 0 bridgehead atoms. The van der Waals surface area contributed by atoms with Crippen molar-refractivity contribution in [2.24, 2.45) is 0 Å². The Morgan fingerprint density at radius 3 is 2.37 bits per heavy atom. The largest absolute Gasteiger partial charge is 0.481 e. The minimum Gasteiger partial charge on any atom is -0.481 e. The average molecular weight is 288 g/mol. The first kappa shape index (κ1) is 15.8. The predicted octanol–water partition coefficient (Wildman–Crippen LogP) is 1.35. The highest BCUT2D eigenvalue weighted by Gasteiger charge is 2.41. The molecule has 6 nitrogen and oxygen atoms in total. The van der Waals surface area contributed by atoms with E-state index in [2.05, 4.69) is 10.6 Å². The second-order valence-corrected chi connectivity index (χ2v) is 5.99. The summed E-state index contributed by atoms with van der Waals surface area (Å²) in [5, 5.41) is 13.4. The maximum absolute atomic E-state index is 11.4. The highest BCUT2D eigenvalue weighted by molar-refractivity contribution is 8.00. The molecule has 0 unspecified atom stereocenters. The first-order chi connectivity index (χ1) is 8.97. The summed E-state index contributed by atoms with van der Waals surface area (Å²) < 4.78 is 0.169. The molecular weight excluding hydrogens is 268 g/mol. The van der Waals surface area contributed by atoms with Gasteiger partial charge in [-0.15, -0.1) is 0 Å². The molecule has 0 aliphatic heterocycles. The first-order valence-electron chi connectivity index (χ1n) is 6.32. The Kier molecular flexibility index (Phi) is 6.14. The van der Waals surface area contributed by atoms with Gasteiger partial charge < -0.3 is 10.4 Å². The molecule has 0 aromatic carbocycles. The highest BCUT2D eigenvalue weighted by atomic mass is 32.2. The van der Waals surface area contributed by atoms with Crippen LogP contribution in [0.2, 0.25) is 0 Å². The molecule has 1 saturated carbocycles. The van der Waals surface area contributed by atoms with Crippen LogP contribution in [0.25, 0.3) is 0 Å². The Hall–Kier alpha value is -1.24. The second kappa shape index (κ2) is 7.37. The van der Waals surface area contributed by atoms with Gasteiger partial charge in [0.05, 0.1) is 0 Å². The second-order valence-electron chi connectivity index (χ2n) is 4.72. The van der Waals surface area contributed by atoms with E-state index in [4.69, 9.17) is 5.11 Å². The monoisotopic (exact) mass is 288 g/mol. The van der Waals surface area contributed by atoms with Crippen molar-refractivity contribution in [1.29, 1.82) is 0 Å². The van der Waals surface area contributed by atoms with Gasteiger partial charge >= 0.3 is 12.0 Å². The van der Waals surface area contributed by atoms with Gasteiger partial charge in [0.2, 0.25) is 5.91 Å². The lowest BCUT2D eigenvalue weighted by atomic mass is 10.2. The normalized spacial score (nSPS) is 15.6. The molecule has 108 valence electrons. The quantitative estimate of drug-likeness (QED) is 0.586. The van der Waals surface area contributed by atoms with Gasteiger partial charge in [0.15, 0.2) is 0 Å². The number of carbonyl (C=O) groups excluding carboxylic acids is 2. The lowest BCUT2D eigenvalue weighted by Gasteiger charge is -2.13. The Bertz CT molecular complexity index is 356. The number of carboxylic acid groups (broad SMARTS) is 1. The van der Waals surface area contributed by atoms with E-state index in [9.17, 15) is 14.4 Å². The number of hydrogen-bond acceptors (Lipinski definition) is 4. The van der Waals surface area contributed by atoms with E-state index in [1.807, 2.05) is 6.26 Å². The Balaban J connectivity index is 2.07. The molecule has 19 heavy (non-hydrogen) atoms. The molecule has 0 heterocycles. The third-order valence-electron chi connectivity index (χ3n) is 3.11. The standard InChI is InChI=1S/C12H20N2O4S/c1-19-12(6-7-12)8-13-11(18)14-9(15)4-2-3-5-10(16)17/h2-8H2,1H3,(H,16,17)(H2,13,14,15,18). The van der Waals surface area contributed by atoms with Gasteiger partial charge in [-0.05, 0) is 31.9 Å². The number of amides is 3. The molecule has 0 saturated heterocycles. The minimum absolute atomic E-state index is 0.0513. The van der Waals surface area contributed by atoms with E-state index in [1.54, 1.807) is 11.8 Å². The number of carbonyl (C=O) groups is 3. The van der Waals surface area contributed by atoms with E-state index in [-0.39, 0.29) is 23.5 Å². The fraction of sp³-hybridized carbons (Fsp3) is 0.750. The van der Waals surface area contributed by atoms with Crippen LogP contribution in [0, 0.1) is 0 Å². The minimum atomic E-state index is -0.870. The summed E-state index contributed by atoms with van der Waals surface area (Å²) in [5.41, 5.74) is 0. The Morgan fingerprint density at radius 2 is 1.84 bits per heavy atom. The molecule has 0 aromatic heterocycles. The molecule has 3 N–H and O–H groups in total. The number of carboxylic acids is 1. The van der Waals surface area contributed by atoms with Crippen LogP contribution < -0.4 is 10.6 Å². The van der Waals surface area contributed by atoms with Crippen LogP contribution in [0.1, 0.15) is 38.5 Å². The van der Waals surface area contributed by atoms with E-state index in [0.29, 0.717) is 19.4 Å². The van der Waals surface area contributed by atoms with Gasteiger partial charge in [-0.25, -0.2) is 4.79 Å². The van der Waals surface area contributed by atoms with Crippen LogP contribution in [0.15, 0.2) is 0 Å². The van der Waals surface area contributed by atoms with Crippen molar-refractivity contribution >= 4 is 29.7 Å². The van der Waals surface area contributed by atoms with Crippen molar-refractivity contribution in [3.05, 3.63) is 0 Å². The molecule has 0 radical (unpaired) electrons. The molecular formula is C12H20N2O4S. The molecule has 1 aliphatic rings. The lowest BCUT2D eigenvalue weighted by molar-refractivity contribution is -0.137. The van der Waals surface area contributed by atoms with E-state index in [0.717, 1.165) is 12.8 Å². The number of hydrogen-bond donors (Lipinski definition) is 3. The third kappa shape index (κ3) is 6.47. The SMILES string of the molecule is CSC1(CNC(=O)NC(=O)CCCCC(=O)O)CC1. The van der Waals surface area contributed by atoms with Gasteiger partial charge in [-0.1, -0.05) is 0 Å². The van der Waals surface area contributed by atoms with Crippen molar-refractivity contribution in [2.75, 3.05) is 12.8 Å². The van der Waals surface area contributed by atoms with Crippen molar-refractivity contribution in [3.8, 4) is 0 Å². The number of nitrogens with one attached hydrogen (secondary N) is 2. The van der Waals surface area contributed by atoms with Crippen LogP contribution in [0.5, 0.6) is 0 Å². The van der Waals surface area contributed by atoms with Crippen LogP contribution in [0.4, 0.5) is 4.79 Å². The topological polar surface area (TPSA) is 95.5 Å². The van der Waals surface area contributed by atoms with Gasteiger partial charge in [-0.3, -0.25) is 14.9 Å². The molecule has 1 aliphatic carbocycles. The number of unbranched alkanes of at least 4 members (excludes halogenated alkanes) is 1. The molecule has 3 amide bonds. The summed E-state index contributed by atoms with van der Waals surface area (Å²) in [5.74, 6) is -1.23. The summed E-state index contributed by atoms with van der Waals surface area (Å²) >= 11 is 1.74. The number of imide groups is 1. The molecule has 0 atom stereocenters. The molecule has 0 spiro atoms. The fourth-order valence-electron chi connectivity index (χ4n) is 1.63. The summed E-state index contributed by atoms with van der Waals surface area (Å²) in [7, 11) is 0. The molecule has 0 aromatic rings. The van der Waals surface area contributed by atoms with Crippen molar-refractivity contribution in [1.82, 2.24) is 10.6 Å².